The first-order valence-electron chi connectivity index (χ1n) is 9.30. The van der Waals surface area contributed by atoms with E-state index in [0.717, 1.165) is 18.7 Å². The second-order valence-electron chi connectivity index (χ2n) is 6.76. The average Bonchev–Trinajstić information content (AvgIpc) is 2.70. The fraction of sp³-hybridized carbons (Fsp3) is 0.409. The van der Waals surface area contributed by atoms with Crippen LogP contribution in [0.3, 0.4) is 0 Å². The van der Waals surface area contributed by atoms with Gasteiger partial charge in [0.15, 0.2) is 0 Å². The molecule has 2 aromatic carbocycles. The van der Waals surface area contributed by atoms with Crippen LogP contribution in [0.1, 0.15) is 42.3 Å². The van der Waals surface area contributed by atoms with E-state index in [-0.39, 0.29) is 5.91 Å². The molecule has 5 heteroatoms. The van der Waals surface area contributed by atoms with Gasteiger partial charge in [-0.2, -0.15) is 0 Å². The number of carbonyl (C=O) groups is 1. The lowest BCUT2D eigenvalue weighted by Gasteiger charge is -2.24. The van der Waals surface area contributed by atoms with Gasteiger partial charge >= 0.3 is 0 Å². The molecule has 5 nitrogen and oxygen atoms in total. The summed E-state index contributed by atoms with van der Waals surface area (Å²) >= 11 is 0. The molecule has 0 atom stereocenters. The number of ether oxygens (including phenoxy) is 2. The van der Waals surface area contributed by atoms with Crippen LogP contribution >= 0.6 is 0 Å². The van der Waals surface area contributed by atoms with Crippen LogP contribution in [0, 0.1) is 0 Å². The standard InChI is InChI=1S/C22H30N2O3/c1-6-24(16(2)3)15-17-7-9-19(10-8-17)22(25)23-14-18-11-20(26-4)13-21(12-18)27-5/h7-13,16H,6,14-15H2,1-5H3,(H,23,25). The predicted octanol–water partition coefficient (Wildman–Crippen LogP) is 3.86. The maximum Gasteiger partial charge on any atom is 0.251 e. The maximum atomic E-state index is 12.4. The highest BCUT2D eigenvalue weighted by atomic mass is 16.5. The Labute approximate surface area is 162 Å². The van der Waals surface area contributed by atoms with Crippen molar-refractivity contribution in [2.24, 2.45) is 0 Å². The zero-order valence-corrected chi connectivity index (χ0v) is 16.9. The SMILES string of the molecule is CCN(Cc1ccc(C(=O)NCc2cc(OC)cc(OC)c2)cc1)C(C)C. The highest BCUT2D eigenvalue weighted by Crippen LogP contribution is 2.22. The molecule has 0 heterocycles. The smallest absolute Gasteiger partial charge is 0.251 e. The first-order chi connectivity index (χ1) is 13.0. The van der Waals surface area contributed by atoms with Crippen LogP contribution in [-0.2, 0) is 13.1 Å². The van der Waals surface area contributed by atoms with Crippen molar-refractivity contribution in [2.75, 3.05) is 20.8 Å². The van der Waals surface area contributed by atoms with Gasteiger partial charge in [-0.05, 0) is 55.8 Å². The summed E-state index contributed by atoms with van der Waals surface area (Å²) in [6, 6.07) is 13.9. The van der Waals surface area contributed by atoms with Gasteiger partial charge in [0.1, 0.15) is 11.5 Å². The van der Waals surface area contributed by atoms with E-state index >= 15 is 0 Å². The highest BCUT2D eigenvalue weighted by Gasteiger charge is 2.10. The quantitative estimate of drug-likeness (QED) is 0.728. The normalized spacial score (nSPS) is 10.9. The van der Waals surface area contributed by atoms with Crippen molar-refractivity contribution in [1.82, 2.24) is 10.2 Å². The molecule has 1 N–H and O–H groups in total. The van der Waals surface area contributed by atoms with Gasteiger partial charge in [0, 0.05) is 30.8 Å². The zero-order valence-electron chi connectivity index (χ0n) is 16.9. The first-order valence-corrected chi connectivity index (χ1v) is 9.30. The lowest BCUT2D eigenvalue weighted by atomic mass is 10.1. The summed E-state index contributed by atoms with van der Waals surface area (Å²) in [5.41, 5.74) is 2.78. The van der Waals surface area contributed by atoms with Gasteiger partial charge in [-0.3, -0.25) is 9.69 Å². The van der Waals surface area contributed by atoms with E-state index in [0.29, 0.717) is 29.6 Å². The summed E-state index contributed by atoms with van der Waals surface area (Å²) in [6.45, 7) is 8.85. The van der Waals surface area contributed by atoms with Gasteiger partial charge < -0.3 is 14.8 Å². The predicted molar refractivity (Wildman–Crippen MR) is 108 cm³/mol. The van der Waals surface area contributed by atoms with Crippen LogP contribution in [0.5, 0.6) is 11.5 Å². The molecule has 0 saturated heterocycles. The minimum Gasteiger partial charge on any atom is -0.497 e. The van der Waals surface area contributed by atoms with E-state index in [1.807, 2.05) is 36.4 Å². The zero-order chi connectivity index (χ0) is 19.8. The topological polar surface area (TPSA) is 50.8 Å². The number of methoxy groups -OCH3 is 2. The number of hydrogen-bond acceptors (Lipinski definition) is 4. The Morgan fingerprint density at radius 1 is 1.00 bits per heavy atom. The summed E-state index contributed by atoms with van der Waals surface area (Å²) < 4.78 is 10.5. The van der Waals surface area contributed by atoms with E-state index in [1.165, 1.54) is 5.56 Å². The van der Waals surface area contributed by atoms with Crippen molar-refractivity contribution in [1.29, 1.82) is 0 Å². The molecule has 27 heavy (non-hydrogen) atoms. The number of nitrogens with zero attached hydrogens (tertiary/aromatic N) is 1. The lowest BCUT2D eigenvalue weighted by Crippen LogP contribution is -2.30. The second-order valence-corrected chi connectivity index (χ2v) is 6.76. The Morgan fingerprint density at radius 2 is 1.59 bits per heavy atom. The number of nitrogens with one attached hydrogen (secondary N) is 1. The lowest BCUT2D eigenvalue weighted by molar-refractivity contribution is 0.0950. The third-order valence-corrected chi connectivity index (χ3v) is 4.60. The van der Waals surface area contributed by atoms with Crippen molar-refractivity contribution in [3.05, 3.63) is 59.2 Å². The van der Waals surface area contributed by atoms with E-state index < -0.39 is 0 Å². The Hall–Kier alpha value is -2.53. The molecule has 1 amide bonds. The number of rotatable bonds is 9. The summed E-state index contributed by atoms with van der Waals surface area (Å²) in [5.74, 6) is 1.31. The molecule has 0 bridgehead atoms. The van der Waals surface area contributed by atoms with E-state index in [1.54, 1.807) is 20.3 Å². The monoisotopic (exact) mass is 370 g/mol. The van der Waals surface area contributed by atoms with Crippen molar-refractivity contribution in [3.63, 3.8) is 0 Å². The van der Waals surface area contributed by atoms with Gasteiger partial charge in [0.2, 0.25) is 0 Å². The molecular weight excluding hydrogens is 340 g/mol. The van der Waals surface area contributed by atoms with Gasteiger partial charge in [-0.25, -0.2) is 0 Å². The number of benzene rings is 2. The summed E-state index contributed by atoms with van der Waals surface area (Å²) in [5, 5.41) is 2.95. The van der Waals surface area contributed by atoms with Gasteiger partial charge in [0.25, 0.3) is 5.91 Å². The summed E-state index contributed by atoms with van der Waals surface area (Å²) in [4.78, 5) is 14.8. The van der Waals surface area contributed by atoms with Crippen LogP contribution in [0.2, 0.25) is 0 Å². The molecule has 2 aromatic rings. The van der Waals surface area contributed by atoms with Crippen molar-refractivity contribution < 1.29 is 14.3 Å². The van der Waals surface area contributed by atoms with E-state index in [9.17, 15) is 4.79 Å². The Kier molecular flexibility index (Phi) is 7.67. The number of hydrogen-bond donors (Lipinski definition) is 1. The van der Waals surface area contributed by atoms with Gasteiger partial charge in [0.05, 0.1) is 14.2 Å². The largest absolute Gasteiger partial charge is 0.497 e. The van der Waals surface area contributed by atoms with Crippen LogP contribution in [0.15, 0.2) is 42.5 Å². The third-order valence-electron chi connectivity index (χ3n) is 4.60. The second kappa shape index (κ2) is 9.97. The molecule has 0 radical (unpaired) electrons. The fourth-order valence-electron chi connectivity index (χ4n) is 2.91. The fourth-order valence-corrected chi connectivity index (χ4v) is 2.91. The van der Waals surface area contributed by atoms with Crippen molar-refractivity contribution >= 4 is 5.91 Å². The molecular formula is C22H30N2O3. The average molecular weight is 370 g/mol. The van der Waals surface area contributed by atoms with Gasteiger partial charge in [-0.1, -0.05) is 19.1 Å². The molecule has 0 unspecified atom stereocenters. The molecule has 0 spiro atoms. The number of carbonyl (C=O) groups excluding carboxylic acids is 1. The Balaban J connectivity index is 1.98. The minimum atomic E-state index is -0.0976. The molecule has 146 valence electrons. The minimum absolute atomic E-state index is 0.0976. The van der Waals surface area contributed by atoms with Crippen LogP contribution in [0.4, 0.5) is 0 Å². The molecule has 0 aliphatic heterocycles. The van der Waals surface area contributed by atoms with Crippen LogP contribution < -0.4 is 14.8 Å². The van der Waals surface area contributed by atoms with Gasteiger partial charge in [-0.15, -0.1) is 0 Å². The molecule has 0 saturated carbocycles. The van der Waals surface area contributed by atoms with Crippen molar-refractivity contribution in [2.45, 2.75) is 39.9 Å². The van der Waals surface area contributed by atoms with Crippen LogP contribution in [0.25, 0.3) is 0 Å². The number of amides is 1. The Morgan fingerprint density at radius 3 is 2.07 bits per heavy atom. The first kappa shape index (κ1) is 20.8. The van der Waals surface area contributed by atoms with E-state index in [2.05, 4.69) is 31.0 Å². The van der Waals surface area contributed by atoms with Crippen LogP contribution in [-0.4, -0.2) is 37.6 Å². The van der Waals surface area contributed by atoms with Crippen molar-refractivity contribution in [3.8, 4) is 11.5 Å². The molecule has 0 aromatic heterocycles. The molecule has 0 aliphatic rings. The molecule has 0 fully saturated rings. The highest BCUT2D eigenvalue weighted by molar-refractivity contribution is 5.94. The Bertz CT molecular complexity index is 719. The summed E-state index contributed by atoms with van der Waals surface area (Å²) in [7, 11) is 3.22. The maximum absolute atomic E-state index is 12.4. The summed E-state index contributed by atoms with van der Waals surface area (Å²) in [6.07, 6.45) is 0. The third kappa shape index (κ3) is 6.00. The molecule has 0 aliphatic carbocycles. The van der Waals surface area contributed by atoms with E-state index in [4.69, 9.17) is 9.47 Å². The molecule has 2 rings (SSSR count).